The molecule has 12 heavy (non-hydrogen) atoms. The topological polar surface area (TPSA) is 80.4 Å². The van der Waals surface area contributed by atoms with Crippen molar-refractivity contribution >= 4 is 15.5 Å². The molecule has 1 aromatic carbocycles. The van der Waals surface area contributed by atoms with Gasteiger partial charge in [0.15, 0.2) is 9.84 Å². The van der Waals surface area contributed by atoms with Crippen LogP contribution < -0.4 is 5.73 Å². The third-order valence-electron chi connectivity index (χ3n) is 1.43. The minimum atomic E-state index is -3.26. The maximum atomic E-state index is 10.9. The third-order valence-corrected chi connectivity index (χ3v) is 2.54. The first kappa shape index (κ1) is 8.86. The van der Waals surface area contributed by atoms with E-state index in [0.29, 0.717) is 0 Å². The standard InChI is InChI=1S/C7H9NO3S/c1-12(10,11)5-2-3-6(8)7(9)4-5/h2-4,9H,8H2,1H3. The third kappa shape index (κ3) is 1.68. The molecule has 1 rings (SSSR count). The Hall–Kier alpha value is -1.23. The number of hydrogen-bond donors (Lipinski definition) is 2. The monoisotopic (exact) mass is 187 g/mol. The van der Waals surface area contributed by atoms with Crippen LogP contribution in [-0.4, -0.2) is 19.8 Å². The Labute approximate surface area is 70.6 Å². The minimum absolute atomic E-state index is 0.0641. The molecule has 0 radical (unpaired) electrons. The number of hydrogen-bond acceptors (Lipinski definition) is 4. The van der Waals surface area contributed by atoms with E-state index in [-0.39, 0.29) is 16.3 Å². The number of benzene rings is 1. The van der Waals surface area contributed by atoms with Gasteiger partial charge in [0.05, 0.1) is 10.6 Å². The molecular weight excluding hydrogens is 178 g/mol. The fourth-order valence-electron chi connectivity index (χ4n) is 0.754. The molecule has 0 aliphatic rings. The van der Waals surface area contributed by atoms with Crippen LogP contribution in [0.1, 0.15) is 0 Å². The summed E-state index contributed by atoms with van der Waals surface area (Å²) in [6, 6.07) is 3.83. The Morgan fingerprint density at radius 1 is 1.42 bits per heavy atom. The molecule has 0 aromatic heterocycles. The van der Waals surface area contributed by atoms with Gasteiger partial charge in [0.2, 0.25) is 0 Å². The highest BCUT2D eigenvalue weighted by Gasteiger charge is 2.08. The van der Waals surface area contributed by atoms with Gasteiger partial charge in [0.1, 0.15) is 5.75 Å². The van der Waals surface area contributed by atoms with Gasteiger partial charge in [-0.2, -0.15) is 0 Å². The molecule has 0 heterocycles. The van der Waals surface area contributed by atoms with E-state index < -0.39 is 9.84 Å². The maximum Gasteiger partial charge on any atom is 0.175 e. The quantitative estimate of drug-likeness (QED) is 0.492. The molecule has 1 aromatic rings. The lowest BCUT2D eigenvalue weighted by Crippen LogP contribution is -1.97. The molecule has 66 valence electrons. The largest absolute Gasteiger partial charge is 0.506 e. The zero-order valence-corrected chi connectivity index (χ0v) is 7.30. The molecule has 4 nitrogen and oxygen atoms in total. The molecule has 5 heteroatoms. The van der Waals surface area contributed by atoms with E-state index in [2.05, 4.69) is 0 Å². The number of sulfone groups is 1. The highest BCUT2D eigenvalue weighted by Crippen LogP contribution is 2.22. The molecule has 0 fully saturated rings. The molecule has 0 aliphatic heterocycles. The molecule has 0 saturated heterocycles. The first-order valence-corrected chi connectivity index (χ1v) is 5.09. The van der Waals surface area contributed by atoms with Crippen molar-refractivity contribution in [2.45, 2.75) is 4.90 Å². The second-order valence-electron chi connectivity index (χ2n) is 2.49. The van der Waals surface area contributed by atoms with Crippen molar-refractivity contribution in [3.63, 3.8) is 0 Å². The van der Waals surface area contributed by atoms with Gasteiger partial charge in [-0.05, 0) is 12.1 Å². The smallest absolute Gasteiger partial charge is 0.175 e. The van der Waals surface area contributed by atoms with E-state index in [0.717, 1.165) is 12.3 Å². The Bertz CT molecular complexity index is 397. The summed E-state index contributed by atoms with van der Waals surface area (Å²) in [5.41, 5.74) is 5.46. The molecule has 3 N–H and O–H groups in total. The summed E-state index contributed by atoms with van der Waals surface area (Å²) >= 11 is 0. The van der Waals surface area contributed by atoms with Crippen LogP contribution in [0.2, 0.25) is 0 Å². The predicted octanol–water partition coefficient (Wildman–Crippen LogP) is 0.378. The molecule has 0 spiro atoms. The van der Waals surface area contributed by atoms with Crippen molar-refractivity contribution in [1.29, 1.82) is 0 Å². The van der Waals surface area contributed by atoms with Crippen molar-refractivity contribution in [1.82, 2.24) is 0 Å². The molecule has 0 bridgehead atoms. The molecule has 0 amide bonds. The number of rotatable bonds is 1. The zero-order chi connectivity index (χ0) is 9.35. The van der Waals surface area contributed by atoms with Gasteiger partial charge in [-0.3, -0.25) is 0 Å². The molecular formula is C7H9NO3S. The highest BCUT2D eigenvalue weighted by atomic mass is 32.2. The fraction of sp³-hybridized carbons (Fsp3) is 0.143. The second kappa shape index (κ2) is 2.67. The number of aromatic hydroxyl groups is 1. The normalized spacial score (nSPS) is 11.4. The zero-order valence-electron chi connectivity index (χ0n) is 6.48. The molecule has 0 atom stereocenters. The average Bonchev–Trinajstić information content (AvgIpc) is 1.92. The molecule has 0 saturated carbocycles. The van der Waals surface area contributed by atoms with Crippen LogP contribution >= 0.6 is 0 Å². The van der Waals surface area contributed by atoms with E-state index in [4.69, 9.17) is 10.8 Å². The summed E-state index contributed by atoms with van der Waals surface area (Å²) in [5.74, 6) is -0.210. The Morgan fingerprint density at radius 3 is 2.42 bits per heavy atom. The van der Waals surface area contributed by atoms with E-state index in [1.807, 2.05) is 0 Å². The first-order chi connectivity index (χ1) is 5.41. The van der Waals surface area contributed by atoms with E-state index in [1.54, 1.807) is 0 Å². The Morgan fingerprint density at radius 2 is 2.00 bits per heavy atom. The van der Waals surface area contributed by atoms with Crippen LogP contribution in [-0.2, 0) is 9.84 Å². The molecule has 0 aliphatic carbocycles. The minimum Gasteiger partial charge on any atom is -0.506 e. The van der Waals surface area contributed by atoms with Crippen molar-refractivity contribution in [2.24, 2.45) is 0 Å². The van der Waals surface area contributed by atoms with Crippen molar-refractivity contribution in [3.05, 3.63) is 18.2 Å². The highest BCUT2D eigenvalue weighted by molar-refractivity contribution is 7.90. The van der Waals surface area contributed by atoms with Gasteiger partial charge in [0, 0.05) is 12.3 Å². The van der Waals surface area contributed by atoms with E-state index in [1.165, 1.54) is 12.1 Å². The van der Waals surface area contributed by atoms with Crippen LogP contribution in [0.3, 0.4) is 0 Å². The van der Waals surface area contributed by atoms with Gasteiger partial charge in [-0.25, -0.2) is 8.42 Å². The van der Waals surface area contributed by atoms with E-state index in [9.17, 15) is 8.42 Å². The number of nitrogen functional groups attached to an aromatic ring is 1. The SMILES string of the molecule is CS(=O)(=O)c1ccc(N)c(O)c1. The lowest BCUT2D eigenvalue weighted by Gasteiger charge is -2.00. The summed E-state index contributed by atoms with van der Waals surface area (Å²) in [7, 11) is -3.26. The van der Waals surface area contributed by atoms with Gasteiger partial charge >= 0.3 is 0 Å². The van der Waals surface area contributed by atoms with E-state index >= 15 is 0 Å². The summed E-state index contributed by atoms with van der Waals surface area (Å²) in [4.78, 5) is 0.0641. The van der Waals surface area contributed by atoms with Crippen molar-refractivity contribution in [2.75, 3.05) is 12.0 Å². The van der Waals surface area contributed by atoms with Gasteiger partial charge < -0.3 is 10.8 Å². The number of anilines is 1. The van der Waals surface area contributed by atoms with Crippen molar-refractivity contribution in [3.8, 4) is 5.75 Å². The van der Waals surface area contributed by atoms with Crippen LogP contribution in [0, 0.1) is 0 Å². The summed E-state index contributed by atoms with van der Waals surface area (Å²) in [6.07, 6.45) is 1.07. The first-order valence-electron chi connectivity index (χ1n) is 3.20. The summed E-state index contributed by atoms with van der Waals surface area (Å²) in [6.45, 7) is 0. The van der Waals surface area contributed by atoms with Gasteiger partial charge in [-0.15, -0.1) is 0 Å². The summed E-state index contributed by atoms with van der Waals surface area (Å²) in [5, 5.41) is 9.07. The number of phenolic OH excluding ortho intramolecular Hbond substituents is 1. The Kier molecular flexibility index (Phi) is 1.97. The average molecular weight is 187 g/mol. The van der Waals surface area contributed by atoms with Crippen molar-refractivity contribution < 1.29 is 13.5 Å². The van der Waals surface area contributed by atoms with Gasteiger partial charge in [0.25, 0.3) is 0 Å². The lowest BCUT2D eigenvalue weighted by molar-refractivity contribution is 0.476. The van der Waals surface area contributed by atoms with Crippen LogP contribution in [0.25, 0.3) is 0 Å². The number of phenols is 1. The maximum absolute atomic E-state index is 10.9. The van der Waals surface area contributed by atoms with Crippen LogP contribution in [0.15, 0.2) is 23.1 Å². The van der Waals surface area contributed by atoms with Gasteiger partial charge in [-0.1, -0.05) is 0 Å². The summed E-state index contributed by atoms with van der Waals surface area (Å²) < 4.78 is 21.9. The molecule has 0 unspecified atom stereocenters. The fourth-order valence-corrected chi connectivity index (χ4v) is 1.40. The lowest BCUT2D eigenvalue weighted by atomic mass is 10.3. The predicted molar refractivity (Wildman–Crippen MR) is 45.6 cm³/mol. The Balaban J connectivity index is 3.33. The number of nitrogens with two attached hydrogens (primary N) is 1. The second-order valence-corrected chi connectivity index (χ2v) is 4.51. The van der Waals surface area contributed by atoms with Crippen LogP contribution in [0.4, 0.5) is 5.69 Å². The van der Waals surface area contributed by atoms with Crippen LogP contribution in [0.5, 0.6) is 5.75 Å².